The molecule has 0 amide bonds. The van der Waals surface area contributed by atoms with Crippen LogP contribution in [0.1, 0.15) is 73.6 Å². The molecule has 1 heterocycles. The van der Waals surface area contributed by atoms with Crippen LogP contribution in [0.3, 0.4) is 0 Å². The van der Waals surface area contributed by atoms with Crippen LogP contribution in [-0.4, -0.2) is 9.52 Å². The molecule has 0 spiro atoms. The van der Waals surface area contributed by atoms with Crippen LogP contribution in [0.4, 0.5) is 0 Å². The van der Waals surface area contributed by atoms with Gasteiger partial charge in [0.15, 0.2) is 0 Å². The topological polar surface area (TPSA) is 0 Å². The van der Waals surface area contributed by atoms with E-state index < -0.39 is 22.9 Å². The molecular formula is C28H36HfSi. The van der Waals surface area contributed by atoms with Crippen molar-refractivity contribution in [1.82, 2.24) is 0 Å². The maximum absolute atomic E-state index is 2.58. The van der Waals surface area contributed by atoms with Crippen LogP contribution < -0.4 is 0 Å². The fourth-order valence-corrected chi connectivity index (χ4v) is 12.7. The van der Waals surface area contributed by atoms with Crippen LogP contribution in [0.2, 0.25) is 20.4 Å². The monoisotopic (exact) mass is 580 g/mol. The summed E-state index contributed by atoms with van der Waals surface area (Å²) in [5, 5.41) is 0. The minimum absolute atomic E-state index is 0.543. The zero-order chi connectivity index (χ0) is 20.9. The molecule has 1 aliphatic heterocycles. The summed E-state index contributed by atoms with van der Waals surface area (Å²) < 4.78 is 3.41. The molecule has 0 nitrogen and oxygen atoms in total. The quantitative estimate of drug-likeness (QED) is 0.317. The van der Waals surface area contributed by atoms with Crippen LogP contribution in [0.25, 0.3) is 12.2 Å². The van der Waals surface area contributed by atoms with E-state index in [4.69, 9.17) is 0 Å². The Hall–Kier alpha value is -0.993. The van der Waals surface area contributed by atoms with Crippen molar-refractivity contribution in [3.05, 3.63) is 81.9 Å². The van der Waals surface area contributed by atoms with Crippen molar-refractivity contribution in [1.29, 1.82) is 0 Å². The third kappa shape index (κ3) is 4.46. The zero-order valence-corrected chi connectivity index (χ0v) is 24.0. The summed E-state index contributed by atoms with van der Waals surface area (Å²) in [6.07, 6.45) is 10.5. The van der Waals surface area contributed by atoms with Crippen molar-refractivity contribution < 1.29 is 22.9 Å². The Morgan fingerprint density at radius 1 is 0.800 bits per heavy atom. The fraction of sp³-hybridized carbons (Fsp3) is 0.429. The average Bonchev–Trinajstić information content (AvgIpc) is 3.54. The van der Waals surface area contributed by atoms with E-state index in [1.807, 2.05) is 0 Å². The second-order valence-corrected chi connectivity index (χ2v) is 15.5. The summed E-state index contributed by atoms with van der Waals surface area (Å²) in [6.45, 7) is 4.68. The molecule has 0 N–H and O–H groups in total. The Morgan fingerprint density at radius 3 is 1.63 bits per heavy atom. The van der Waals surface area contributed by atoms with Crippen molar-refractivity contribution in [2.24, 2.45) is 0 Å². The van der Waals surface area contributed by atoms with Gasteiger partial charge < -0.3 is 0 Å². The number of fused-ring (bicyclic) bond motifs is 2. The van der Waals surface area contributed by atoms with Crippen LogP contribution in [0.5, 0.6) is 0 Å². The molecule has 5 rings (SSSR count). The molecule has 0 saturated carbocycles. The molecule has 1 fully saturated rings. The molecule has 0 radical (unpaired) electrons. The SMILES string of the molecule is C1CC[SiH2]C1.CCC1=Cc2ccccc2C1[CH]([Hf][CH3])C1C(CC)=Cc2ccccc21. The van der Waals surface area contributed by atoms with Gasteiger partial charge in [-0.1, -0.05) is 24.9 Å². The van der Waals surface area contributed by atoms with Crippen molar-refractivity contribution in [3.8, 4) is 0 Å². The minimum atomic E-state index is -0.729. The van der Waals surface area contributed by atoms with E-state index in [2.05, 4.69) is 79.2 Å². The summed E-state index contributed by atoms with van der Waals surface area (Å²) in [5.74, 6) is 1.31. The Labute approximate surface area is 197 Å². The Morgan fingerprint density at radius 2 is 1.27 bits per heavy atom. The summed E-state index contributed by atoms with van der Waals surface area (Å²) in [6, 6.07) is 21.5. The van der Waals surface area contributed by atoms with Gasteiger partial charge in [0.25, 0.3) is 0 Å². The number of benzene rings is 2. The van der Waals surface area contributed by atoms with Gasteiger partial charge in [0, 0.05) is 9.52 Å². The first-order valence-electron chi connectivity index (χ1n) is 12.0. The first-order chi connectivity index (χ1) is 14.8. The summed E-state index contributed by atoms with van der Waals surface area (Å²) in [5.41, 5.74) is 9.47. The maximum atomic E-state index is 2.58. The predicted molar refractivity (Wildman–Crippen MR) is 132 cm³/mol. The first-order valence-corrected chi connectivity index (χ1v) is 19.7. The Kier molecular flexibility index (Phi) is 7.81. The van der Waals surface area contributed by atoms with E-state index in [0.717, 1.165) is 3.67 Å². The number of hydrogen-bond acceptors (Lipinski definition) is 0. The van der Waals surface area contributed by atoms with Crippen LogP contribution >= 0.6 is 0 Å². The van der Waals surface area contributed by atoms with Crippen molar-refractivity contribution in [2.75, 3.05) is 0 Å². The number of allylic oxidation sites excluding steroid dienone is 2. The Balaban J connectivity index is 0.000000383. The third-order valence-electron chi connectivity index (χ3n) is 7.26. The van der Waals surface area contributed by atoms with Gasteiger partial charge in [-0.05, 0) is 0 Å². The molecule has 2 atom stereocenters. The molecule has 2 heteroatoms. The average molecular weight is 579 g/mol. The fourth-order valence-electron chi connectivity index (χ4n) is 5.73. The van der Waals surface area contributed by atoms with Gasteiger partial charge in [-0.25, -0.2) is 0 Å². The molecule has 2 aromatic rings. The van der Waals surface area contributed by atoms with Gasteiger partial charge in [-0.15, -0.1) is 0 Å². The summed E-state index contributed by atoms with van der Waals surface area (Å²) in [4.78, 5) is 0. The summed E-state index contributed by atoms with van der Waals surface area (Å²) >= 11 is -0.729. The number of hydrogen-bond donors (Lipinski definition) is 0. The molecule has 156 valence electrons. The normalized spacial score (nSPS) is 22.4. The second-order valence-electron chi connectivity index (χ2n) is 8.94. The predicted octanol–water partition coefficient (Wildman–Crippen LogP) is 7.87. The van der Waals surface area contributed by atoms with E-state index >= 15 is 0 Å². The molecule has 0 aromatic heterocycles. The second kappa shape index (κ2) is 10.5. The van der Waals surface area contributed by atoms with Gasteiger partial charge >= 0.3 is 164 Å². The van der Waals surface area contributed by atoms with E-state index in [1.165, 1.54) is 24.0 Å². The van der Waals surface area contributed by atoms with Crippen molar-refractivity contribution >= 4 is 21.7 Å². The van der Waals surface area contributed by atoms with Gasteiger partial charge in [0.2, 0.25) is 0 Å². The molecule has 1 saturated heterocycles. The van der Waals surface area contributed by atoms with Gasteiger partial charge in [0.1, 0.15) is 0 Å². The van der Waals surface area contributed by atoms with Gasteiger partial charge in [-0.2, -0.15) is 0 Å². The van der Waals surface area contributed by atoms with Crippen LogP contribution in [-0.2, 0) is 22.9 Å². The van der Waals surface area contributed by atoms with Gasteiger partial charge in [0.05, 0.1) is 0 Å². The van der Waals surface area contributed by atoms with E-state index in [9.17, 15) is 0 Å². The summed E-state index contributed by atoms with van der Waals surface area (Å²) in [7, 11) is 0.543. The first kappa shape index (κ1) is 22.2. The van der Waals surface area contributed by atoms with Gasteiger partial charge in [-0.3, -0.25) is 0 Å². The standard InChI is InChI=1S/C23H23.C4H10Si.CH3.Hf/c1-3-16-13-18-9-5-7-11-20(18)22(16)15-23-17(4-2)14-19-10-6-8-12-21(19)23;1-2-4-5-3-1;;/h5-15,22-23H,3-4H2,1-2H3;1-5H2;1H3;. The van der Waals surface area contributed by atoms with Crippen LogP contribution in [0.15, 0.2) is 59.7 Å². The van der Waals surface area contributed by atoms with E-state index in [-0.39, 0.29) is 0 Å². The van der Waals surface area contributed by atoms with Crippen molar-refractivity contribution in [2.45, 2.75) is 71.8 Å². The van der Waals surface area contributed by atoms with Crippen LogP contribution in [0, 0.1) is 0 Å². The zero-order valence-electron chi connectivity index (χ0n) is 19.0. The molecule has 2 aromatic carbocycles. The molecule has 30 heavy (non-hydrogen) atoms. The third-order valence-corrected chi connectivity index (χ3v) is 14.1. The van der Waals surface area contributed by atoms with Crippen molar-refractivity contribution in [3.63, 3.8) is 0 Å². The number of rotatable bonds is 5. The molecule has 2 unspecified atom stereocenters. The molecule has 2 aliphatic carbocycles. The van der Waals surface area contributed by atoms with E-state index in [1.54, 1.807) is 47.2 Å². The Bertz CT molecular complexity index is 845. The molecule has 0 bridgehead atoms. The van der Waals surface area contributed by atoms with E-state index in [0.29, 0.717) is 21.4 Å². The molecular weight excluding hydrogens is 543 g/mol. The molecule has 3 aliphatic rings.